The summed E-state index contributed by atoms with van der Waals surface area (Å²) in [7, 11) is 2.02. The predicted molar refractivity (Wildman–Crippen MR) is 75.2 cm³/mol. The standard InChI is InChI=1S/C14H21ClN2/c1-4-17-9-11(7-10(2)16-3)13-8-12(15)5-6-14(13)17/h5-6,8,10-11,16H,4,7,9H2,1-3H3. The number of nitrogens with zero attached hydrogens (tertiary/aromatic N) is 1. The molecule has 0 saturated heterocycles. The van der Waals surface area contributed by atoms with Crippen molar-refractivity contribution in [2.75, 3.05) is 25.0 Å². The minimum absolute atomic E-state index is 0.545. The Kier molecular flexibility index (Phi) is 3.95. The lowest BCUT2D eigenvalue weighted by Gasteiger charge is -2.18. The van der Waals surface area contributed by atoms with Crippen LogP contribution in [0.25, 0.3) is 0 Å². The van der Waals surface area contributed by atoms with E-state index in [9.17, 15) is 0 Å². The van der Waals surface area contributed by atoms with Crippen LogP contribution in [0, 0.1) is 0 Å². The molecule has 2 unspecified atom stereocenters. The summed E-state index contributed by atoms with van der Waals surface area (Å²) >= 11 is 6.12. The van der Waals surface area contributed by atoms with Crippen molar-refractivity contribution in [3.63, 3.8) is 0 Å². The van der Waals surface area contributed by atoms with Crippen LogP contribution in [0.4, 0.5) is 5.69 Å². The maximum atomic E-state index is 6.12. The van der Waals surface area contributed by atoms with Gasteiger partial charge in [0.05, 0.1) is 0 Å². The molecule has 0 radical (unpaired) electrons. The summed E-state index contributed by atoms with van der Waals surface area (Å²) in [5.41, 5.74) is 2.78. The Morgan fingerprint density at radius 2 is 2.29 bits per heavy atom. The molecule has 1 aromatic carbocycles. The maximum Gasteiger partial charge on any atom is 0.0410 e. The number of anilines is 1. The SMILES string of the molecule is CCN1CC(CC(C)NC)c2cc(Cl)ccc21. The fraction of sp³-hybridized carbons (Fsp3) is 0.571. The topological polar surface area (TPSA) is 15.3 Å². The predicted octanol–water partition coefficient (Wildman–Crippen LogP) is 3.26. The van der Waals surface area contributed by atoms with Gasteiger partial charge in [-0.1, -0.05) is 11.6 Å². The van der Waals surface area contributed by atoms with Gasteiger partial charge in [-0.25, -0.2) is 0 Å². The Balaban J connectivity index is 2.25. The molecule has 1 aromatic rings. The van der Waals surface area contributed by atoms with E-state index >= 15 is 0 Å². The van der Waals surface area contributed by atoms with Crippen LogP contribution < -0.4 is 10.2 Å². The van der Waals surface area contributed by atoms with Gasteiger partial charge in [0.25, 0.3) is 0 Å². The smallest absolute Gasteiger partial charge is 0.0410 e. The molecule has 0 amide bonds. The van der Waals surface area contributed by atoms with Gasteiger partial charge in [0.1, 0.15) is 0 Å². The van der Waals surface area contributed by atoms with E-state index in [1.54, 1.807) is 0 Å². The zero-order chi connectivity index (χ0) is 12.4. The number of hydrogen-bond acceptors (Lipinski definition) is 2. The van der Waals surface area contributed by atoms with Gasteiger partial charge in [-0.3, -0.25) is 0 Å². The van der Waals surface area contributed by atoms with E-state index < -0.39 is 0 Å². The van der Waals surface area contributed by atoms with Gasteiger partial charge in [0.2, 0.25) is 0 Å². The molecular formula is C14H21ClN2. The van der Waals surface area contributed by atoms with Crippen molar-refractivity contribution in [3.05, 3.63) is 28.8 Å². The first-order chi connectivity index (χ1) is 8.15. The fourth-order valence-corrected chi connectivity index (χ4v) is 2.83. The van der Waals surface area contributed by atoms with Crippen LogP contribution in [0.3, 0.4) is 0 Å². The Bertz CT molecular complexity index is 390. The van der Waals surface area contributed by atoms with Gasteiger partial charge >= 0.3 is 0 Å². The molecule has 0 aliphatic carbocycles. The Hall–Kier alpha value is -0.730. The highest BCUT2D eigenvalue weighted by Crippen LogP contribution is 2.39. The molecule has 0 bridgehead atoms. The third kappa shape index (κ3) is 2.58. The first-order valence-electron chi connectivity index (χ1n) is 6.37. The molecule has 1 aliphatic rings. The molecule has 17 heavy (non-hydrogen) atoms. The van der Waals surface area contributed by atoms with Crippen molar-refractivity contribution in [2.24, 2.45) is 0 Å². The summed E-state index contributed by atoms with van der Waals surface area (Å²) in [4.78, 5) is 2.44. The molecule has 3 heteroatoms. The molecule has 2 rings (SSSR count). The molecule has 94 valence electrons. The quantitative estimate of drug-likeness (QED) is 0.885. The van der Waals surface area contributed by atoms with Crippen molar-refractivity contribution in [2.45, 2.75) is 32.2 Å². The lowest BCUT2D eigenvalue weighted by Crippen LogP contribution is -2.26. The molecule has 1 aliphatic heterocycles. The van der Waals surface area contributed by atoms with Gasteiger partial charge in [0.15, 0.2) is 0 Å². The van der Waals surface area contributed by atoms with Gasteiger partial charge in [-0.2, -0.15) is 0 Å². The summed E-state index contributed by atoms with van der Waals surface area (Å²) in [5.74, 6) is 0.603. The fourth-order valence-electron chi connectivity index (χ4n) is 2.65. The molecule has 2 nitrogen and oxygen atoms in total. The number of rotatable bonds is 4. The highest BCUT2D eigenvalue weighted by Gasteiger charge is 2.28. The monoisotopic (exact) mass is 252 g/mol. The second kappa shape index (κ2) is 5.28. The van der Waals surface area contributed by atoms with Gasteiger partial charge in [-0.15, -0.1) is 0 Å². The molecule has 1 heterocycles. The van der Waals surface area contributed by atoms with Gasteiger partial charge in [0, 0.05) is 35.8 Å². The van der Waals surface area contributed by atoms with E-state index in [1.807, 2.05) is 13.1 Å². The third-order valence-corrected chi connectivity index (χ3v) is 3.96. The van der Waals surface area contributed by atoms with Gasteiger partial charge in [-0.05, 0) is 51.1 Å². The average molecular weight is 253 g/mol. The Labute approximate surface area is 109 Å². The second-order valence-electron chi connectivity index (χ2n) is 4.86. The molecule has 0 spiro atoms. The number of hydrogen-bond donors (Lipinski definition) is 1. The summed E-state index contributed by atoms with van der Waals surface area (Å²) in [6.45, 7) is 6.64. The third-order valence-electron chi connectivity index (χ3n) is 3.72. The molecular weight excluding hydrogens is 232 g/mol. The number of benzene rings is 1. The minimum Gasteiger partial charge on any atom is -0.371 e. The van der Waals surface area contributed by atoms with Crippen molar-refractivity contribution in [1.29, 1.82) is 0 Å². The van der Waals surface area contributed by atoms with Crippen LogP contribution in [0.15, 0.2) is 18.2 Å². The van der Waals surface area contributed by atoms with E-state index in [2.05, 4.69) is 36.2 Å². The molecule has 1 N–H and O–H groups in total. The van der Waals surface area contributed by atoms with Crippen LogP contribution in [0.2, 0.25) is 5.02 Å². The summed E-state index contributed by atoms with van der Waals surface area (Å²) in [6, 6.07) is 6.83. The highest BCUT2D eigenvalue weighted by atomic mass is 35.5. The largest absolute Gasteiger partial charge is 0.371 e. The first-order valence-corrected chi connectivity index (χ1v) is 6.75. The lowest BCUT2D eigenvalue weighted by atomic mass is 9.94. The van der Waals surface area contributed by atoms with Crippen molar-refractivity contribution in [3.8, 4) is 0 Å². The molecule has 0 aromatic heterocycles. The number of nitrogens with one attached hydrogen (secondary N) is 1. The first kappa shape index (κ1) is 12.7. The lowest BCUT2D eigenvalue weighted by molar-refractivity contribution is 0.506. The normalized spacial score (nSPS) is 20.5. The van der Waals surface area contributed by atoms with Crippen molar-refractivity contribution in [1.82, 2.24) is 5.32 Å². The zero-order valence-corrected chi connectivity index (χ0v) is 11.6. The number of likely N-dealkylation sites (N-methyl/N-ethyl adjacent to an activating group) is 1. The maximum absolute atomic E-state index is 6.12. The van der Waals surface area contributed by atoms with Crippen LogP contribution in [0.1, 0.15) is 31.7 Å². The summed E-state index contributed by atoms with van der Waals surface area (Å²) < 4.78 is 0. The minimum atomic E-state index is 0.545. The molecule has 2 atom stereocenters. The number of halogens is 1. The van der Waals surface area contributed by atoms with Crippen LogP contribution in [-0.4, -0.2) is 26.2 Å². The second-order valence-corrected chi connectivity index (χ2v) is 5.30. The van der Waals surface area contributed by atoms with Crippen molar-refractivity contribution < 1.29 is 0 Å². The highest BCUT2D eigenvalue weighted by molar-refractivity contribution is 6.30. The van der Waals surface area contributed by atoms with E-state index in [-0.39, 0.29) is 0 Å². The summed E-state index contributed by atoms with van der Waals surface area (Å²) in [5, 5.41) is 4.17. The molecule has 0 saturated carbocycles. The average Bonchev–Trinajstić information content (AvgIpc) is 2.66. The van der Waals surface area contributed by atoms with E-state index in [0.717, 1.165) is 18.1 Å². The zero-order valence-electron chi connectivity index (χ0n) is 10.8. The van der Waals surface area contributed by atoms with E-state index in [0.29, 0.717) is 12.0 Å². The Morgan fingerprint density at radius 1 is 1.53 bits per heavy atom. The van der Waals surface area contributed by atoms with Crippen LogP contribution >= 0.6 is 11.6 Å². The van der Waals surface area contributed by atoms with Crippen LogP contribution in [-0.2, 0) is 0 Å². The van der Waals surface area contributed by atoms with E-state index in [4.69, 9.17) is 11.6 Å². The van der Waals surface area contributed by atoms with Crippen molar-refractivity contribution >= 4 is 17.3 Å². The van der Waals surface area contributed by atoms with E-state index in [1.165, 1.54) is 17.7 Å². The van der Waals surface area contributed by atoms with Gasteiger partial charge < -0.3 is 10.2 Å². The Morgan fingerprint density at radius 3 is 2.94 bits per heavy atom. The molecule has 0 fully saturated rings. The number of fused-ring (bicyclic) bond motifs is 1. The summed E-state index contributed by atoms with van der Waals surface area (Å²) in [6.07, 6.45) is 1.17. The van der Waals surface area contributed by atoms with Crippen LogP contribution in [0.5, 0.6) is 0 Å².